The first kappa shape index (κ1) is 26.7. The molecule has 0 radical (unpaired) electrons. The molecule has 0 bridgehead atoms. The molecule has 0 aliphatic rings. The van der Waals surface area contributed by atoms with E-state index >= 15 is 0 Å². The van der Waals surface area contributed by atoms with Crippen LogP contribution in [0.15, 0.2) is 65.3 Å². The van der Waals surface area contributed by atoms with E-state index in [2.05, 4.69) is 56.7 Å². The third kappa shape index (κ3) is 6.61. The maximum Gasteiger partial charge on any atom is 0.175 e. The highest BCUT2D eigenvalue weighted by Gasteiger charge is 2.14. The monoisotopic (exact) mass is 582 g/mol. The van der Waals surface area contributed by atoms with Crippen LogP contribution in [-0.2, 0) is 19.6 Å². The first-order valence-electron chi connectivity index (χ1n) is 10.8. The van der Waals surface area contributed by atoms with Gasteiger partial charge in [0, 0.05) is 39.3 Å². The molecule has 180 valence electrons. The van der Waals surface area contributed by atoms with Crippen LogP contribution in [0, 0.1) is 0 Å². The Kier molecular flexibility index (Phi) is 9.98. The molecule has 4 rings (SSSR count). The highest BCUT2D eigenvalue weighted by atomic mass is 79.9. The highest BCUT2D eigenvalue weighted by molar-refractivity contribution is 9.10. The average Bonchev–Trinajstić information content (AvgIpc) is 3.21. The van der Waals surface area contributed by atoms with Crippen LogP contribution in [0.3, 0.4) is 0 Å². The van der Waals surface area contributed by atoms with Crippen molar-refractivity contribution in [1.82, 2.24) is 10.3 Å². The quantitative estimate of drug-likeness (QED) is 0.186. The van der Waals surface area contributed by atoms with Gasteiger partial charge in [0.15, 0.2) is 11.5 Å². The van der Waals surface area contributed by atoms with Gasteiger partial charge in [0.1, 0.15) is 6.61 Å². The van der Waals surface area contributed by atoms with E-state index in [9.17, 15) is 0 Å². The average molecular weight is 585 g/mol. The van der Waals surface area contributed by atoms with E-state index < -0.39 is 0 Å². The van der Waals surface area contributed by atoms with Crippen LogP contribution < -0.4 is 14.8 Å². The molecule has 3 aromatic carbocycles. The summed E-state index contributed by atoms with van der Waals surface area (Å²) in [6.07, 6.45) is 3.04. The third-order valence-corrected chi connectivity index (χ3v) is 6.51. The zero-order chi connectivity index (χ0) is 23.2. The summed E-state index contributed by atoms with van der Waals surface area (Å²) in [5.74, 6) is 1.36. The summed E-state index contributed by atoms with van der Waals surface area (Å²) < 4.78 is 12.8. The maximum absolute atomic E-state index is 6.28. The predicted octanol–water partition coefficient (Wildman–Crippen LogP) is 7.97. The number of benzene rings is 3. The van der Waals surface area contributed by atoms with Crippen LogP contribution in [0.25, 0.3) is 10.9 Å². The van der Waals surface area contributed by atoms with Gasteiger partial charge in [-0.1, -0.05) is 47.5 Å². The second kappa shape index (κ2) is 12.7. The molecule has 1 heterocycles. The molecule has 0 aliphatic heterocycles. The van der Waals surface area contributed by atoms with E-state index in [1.54, 1.807) is 12.1 Å². The Balaban J connectivity index is 0.00000324. The van der Waals surface area contributed by atoms with E-state index in [0.29, 0.717) is 34.8 Å². The number of aromatic amines is 1. The Morgan fingerprint density at radius 3 is 2.62 bits per heavy atom. The number of hydrogen-bond acceptors (Lipinski definition) is 3. The molecule has 4 nitrogen and oxygen atoms in total. The van der Waals surface area contributed by atoms with E-state index in [-0.39, 0.29) is 12.4 Å². The van der Waals surface area contributed by atoms with E-state index in [0.717, 1.165) is 35.1 Å². The number of para-hydroxylation sites is 1. The molecule has 34 heavy (non-hydrogen) atoms. The number of H-pyrrole nitrogens is 1. The molecule has 2 N–H and O–H groups in total. The van der Waals surface area contributed by atoms with Crippen molar-refractivity contribution in [2.75, 3.05) is 13.2 Å². The van der Waals surface area contributed by atoms with Crippen molar-refractivity contribution in [3.05, 3.63) is 92.0 Å². The fourth-order valence-electron chi connectivity index (χ4n) is 3.71. The Labute approximate surface area is 224 Å². The van der Waals surface area contributed by atoms with Crippen molar-refractivity contribution in [2.45, 2.75) is 26.5 Å². The fraction of sp³-hybridized carbons (Fsp3) is 0.231. The van der Waals surface area contributed by atoms with Crippen LogP contribution in [0.5, 0.6) is 11.5 Å². The summed E-state index contributed by atoms with van der Waals surface area (Å²) in [6, 6.07) is 17.8. The molecule has 0 fully saturated rings. The Morgan fingerprint density at radius 1 is 1.00 bits per heavy atom. The third-order valence-electron chi connectivity index (χ3n) is 5.33. The van der Waals surface area contributed by atoms with Crippen molar-refractivity contribution in [3.63, 3.8) is 0 Å². The first-order valence-corrected chi connectivity index (χ1v) is 12.4. The largest absolute Gasteiger partial charge is 0.490 e. The number of fused-ring (bicyclic) bond motifs is 1. The van der Waals surface area contributed by atoms with Crippen LogP contribution in [0.1, 0.15) is 23.6 Å². The molecule has 0 saturated carbocycles. The minimum absolute atomic E-state index is 0. The lowest BCUT2D eigenvalue weighted by Gasteiger charge is -2.16. The number of aromatic nitrogens is 1. The second-order valence-corrected chi connectivity index (χ2v) is 9.35. The molecule has 4 aromatic rings. The topological polar surface area (TPSA) is 46.3 Å². The number of halogens is 4. The highest BCUT2D eigenvalue weighted by Crippen LogP contribution is 2.38. The number of ether oxygens (including phenoxy) is 2. The molecule has 0 aliphatic carbocycles. The van der Waals surface area contributed by atoms with Crippen molar-refractivity contribution in [3.8, 4) is 11.5 Å². The van der Waals surface area contributed by atoms with E-state index in [4.69, 9.17) is 32.7 Å². The fourth-order valence-corrected chi connectivity index (χ4v) is 4.78. The van der Waals surface area contributed by atoms with Gasteiger partial charge in [-0.3, -0.25) is 0 Å². The molecule has 8 heteroatoms. The Morgan fingerprint density at radius 2 is 1.82 bits per heavy atom. The zero-order valence-corrected chi connectivity index (χ0v) is 22.6. The maximum atomic E-state index is 6.28. The van der Waals surface area contributed by atoms with Crippen LogP contribution in [-0.4, -0.2) is 18.1 Å². The van der Waals surface area contributed by atoms with Crippen molar-refractivity contribution >= 4 is 62.4 Å². The first-order chi connectivity index (χ1) is 16.0. The molecular weight excluding hydrogens is 559 g/mol. The lowest BCUT2D eigenvalue weighted by Crippen LogP contribution is -2.16. The van der Waals surface area contributed by atoms with Gasteiger partial charge in [-0.25, -0.2) is 0 Å². The number of rotatable bonds is 10. The molecule has 1 aromatic heterocycles. The summed E-state index contributed by atoms with van der Waals surface area (Å²) in [5.41, 5.74) is 4.46. The molecule has 0 saturated heterocycles. The number of nitrogens with one attached hydrogen (secondary N) is 2. The summed E-state index contributed by atoms with van der Waals surface area (Å²) >= 11 is 15.9. The summed E-state index contributed by atoms with van der Waals surface area (Å²) in [4.78, 5) is 3.33. The van der Waals surface area contributed by atoms with E-state index in [1.807, 2.05) is 25.1 Å². The van der Waals surface area contributed by atoms with Crippen LogP contribution in [0.2, 0.25) is 10.0 Å². The molecule has 0 spiro atoms. The lowest BCUT2D eigenvalue weighted by molar-refractivity contribution is 0.267. The number of hydrogen-bond donors (Lipinski definition) is 2. The van der Waals surface area contributed by atoms with Gasteiger partial charge in [-0.05, 0) is 77.3 Å². The second-order valence-electron chi connectivity index (χ2n) is 7.65. The minimum atomic E-state index is 0. The standard InChI is InChI=1S/C26H25BrCl2N2O2.ClH/c1-2-32-25-12-17(14-30-10-9-18-15-31-24-6-4-3-5-21(18)24)11-22(27)26(25)33-16-19-7-8-20(28)13-23(19)29;/h3-8,11-13,15,30-31H,2,9-10,14,16H2,1H3;1H. The normalized spacial score (nSPS) is 10.8. The molecular formula is C26H26BrCl3N2O2. The van der Waals surface area contributed by atoms with Crippen molar-refractivity contribution in [2.24, 2.45) is 0 Å². The smallest absolute Gasteiger partial charge is 0.175 e. The van der Waals surface area contributed by atoms with Gasteiger partial charge in [-0.15, -0.1) is 12.4 Å². The van der Waals surface area contributed by atoms with Gasteiger partial charge in [0.25, 0.3) is 0 Å². The van der Waals surface area contributed by atoms with Gasteiger partial charge in [0.05, 0.1) is 11.1 Å². The summed E-state index contributed by atoms with van der Waals surface area (Å²) in [7, 11) is 0. The minimum Gasteiger partial charge on any atom is -0.490 e. The Hall–Kier alpha value is -1.89. The van der Waals surface area contributed by atoms with Gasteiger partial charge < -0.3 is 19.8 Å². The lowest BCUT2D eigenvalue weighted by atomic mass is 10.1. The van der Waals surface area contributed by atoms with Gasteiger partial charge in [0.2, 0.25) is 0 Å². The Bertz CT molecular complexity index is 1250. The summed E-state index contributed by atoms with van der Waals surface area (Å²) in [5, 5.41) is 5.99. The van der Waals surface area contributed by atoms with Gasteiger partial charge in [-0.2, -0.15) is 0 Å². The van der Waals surface area contributed by atoms with Crippen molar-refractivity contribution in [1.29, 1.82) is 0 Å². The summed E-state index contributed by atoms with van der Waals surface area (Å²) in [6.45, 7) is 4.42. The van der Waals surface area contributed by atoms with Gasteiger partial charge >= 0.3 is 0 Å². The van der Waals surface area contributed by atoms with Crippen LogP contribution >= 0.6 is 51.5 Å². The molecule has 0 atom stereocenters. The zero-order valence-electron chi connectivity index (χ0n) is 18.7. The molecule has 0 unspecified atom stereocenters. The van der Waals surface area contributed by atoms with Crippen molar-refractivity contribution < 1.29 is 9.47 Å². The predicted molar refractivity (Wildman–Crippen MR) is 147 cm³/mol. The SMILES string of the molecule is CCOc1cc(CNCCc2c[nH]c3ccccc23)cc(Br)c1OCc1ccc(Cl)cc1Cl.Cl. The van der Waals surface area contributed by atoms with E-state index in [1.165, 1.54) is 16.5 Å². The molecule has 0 amide bonds. The van der Waals surface area contributed by atoms with Crippen LogP contribution in [0.4, 0.5) is 0 Å².